The zero-order valence-corrected chi connectivity index (χ0v) is 13.3. The molecule has 4 nitrogen and oxygen atoms in total. The highest BCUT2D eigenvalue weighted by Crippen LogP contribution is 2.47. The van der Waals surface area contributed by atoms with E-state index in [0.29, 0.717) is 0 Å². The second kappa shape index (κ2) is 5.49. The summed E-state index contributed by atoms with van der Waals surface area (Å²) >= 11 is 0. The predicted molar refractivity (Wildman–Crippen MR) is 93.0 cm³/mol. The van der Waals surface area contributed by atoms with Crippen molar-refractivity contribution >= 4 is 16.9 Å². The van der Waals surface area contributed by atoms with E-state index in [0.717, 1.165) is 34.9 Å². The van der Waals surface area contributed by atoms with Crippen molar-refractivity contribution in [1.29, 1.82) is 0 Å². The number of hydrogen-bond acceptors (Lipinski definition) is 2. The average molecular weight is 321 g/mol. The molecule has 3 aromatic rings. The van der Waals surface area contributed by atoms with Crippen LogP contribution in [0.25, 0.3) is 22.0 Å². The standard InChI is InChI=1S/C20H19NO3/c22-13-20(8-9-20)17-5-3-14(4-6-17)16-2-1-15-7-10-21(12-19(23)24)18(15)11-16/h1-7,10-11,22H,8-9,12-13H2,(H,23,24). The van der Waals surface area contributed by atoms with Gasteiger partial charge in [-0.3, -0.25) is 4.79 Å². The fourth-order valence-electron chi connectivity index (χ4n) is 3.35. The number of rotatable bonds is 5. The van der Waals surface area contributed by atoms with Gasteiger partial charge >= 0.3 is 5.97 Å². The summed E-state index contributed by atoms with van der Waals surface area (Å²) < 4.78 is 1.75. The minimum absolute atomic E-state index is 0.0152. The lowest BCUT2D eigenvalue weighted by Gasteiger charge is -2.13. The number of aliphatic hydroxyl groups is 1. The first kappa shape index (κ1) is 15.0. The van der Waals surface area contributed by atoms with Gasteiger partial charge in [0.15, 0.2) is 0 Å². The Labute approximate surface area is 140 Å². The van der Waals surface area contributed by atoms with Crippen LogP contribution in [0.3, 0.4) is 0 Å². The van der Waals surface area contributed by atoms with Crippen molar-refractivity contribution in [3.63, 3.8) is 0 Å². The Balaban J connectivity index is 1.69. The van der Waals surface area contributed by atoms with Gasteiger partial charge in [0.2, 0.25) is 0 Å². The molecular formula is C20H19NO3. The number of nitrogens with zero attached hydrogens (tertiary/aromatic N) is 1. The van der Waals surface area contributed by atoms with E-state index < -0.39 is 5.97 Å². The molecule has 0 radical (unpaired) electrons. The van der Waals surface area contributed by atoms with Crippen molar-refractivity contribution in [3.05, 3.63) is 60.3 Å². The monoisotopic (exact) mass is 321 g/mol. The summed E-state index contributed by atoms with van der Waals surface area (Å²) in [5.74, 6) is -0.846. The van der Waals surface area contributed by atoms with E-state index in [9.17, 15) is 9.90 Å². The van der Waals surface area contributed by atoms with Gasteiger partial charge in [0.1, 0.15) is 6.54 Å². The maximum atomic E-state index is 11.0. The molecule has 0 spiro atoms. The van der Waals surface area contributed by atoms with Crippen molar-refractivity contribution in [2.75, 3.05) is 6.61 Å². The number of aliphatic carboxylic acids is 1. The summed E-state index contributed by atoms with van der Waals surface area (Å²) in [6.45, 7) is 0.173. The third-order valence-corrected chi connectivity index (χ3v) is 5.07. The summed E-state index contributed by atoms with van der Waals surface area (Å²) in [6, 6.07) is 16.4. The van der Waals surface area contributed by atoms with Crippen LogP contribution >= 0.6 is 0 Å². The number of carbonyl (C=O) groups is 1. The van der Waals surface area contributed by atoms with Crippen LogP contribution in [0.1, 0.15) is 18.4 Å². The minimum atomic E-state index is -0.846. The first-order valence-corrected chi connectivity index (χ1v) is 8.14. The number of hydrogen-bond donors (Lipinski definition) is 2. The normalized spacial score (nSPS) is 15.5. The van der Waals surface area contributed by atoms with Gasteiger partial charge in [-0.05, 0) is 47.1 Å². The molecule has 0 saturated heterocycles. The van der Waals surface area contributed by atoms with Crippen LogP contribution in [0.4, 0.5) is 0 Å². The van der Waals surface area contributed by atoms with Gasteiger partial charge in [0.05, 0.1) is 6.61 Å². The van der Waals surface area contributed by atoms with Crippen LogP contribution in [0.15, 0.2) is 54.7 Å². The Kier molecular flexibility index (Phi) is 3.43. The van der Waals surface area contributed by atoms with Crippen LogP contribution in [-0.4, -0.2) is 27.4 Å². The third kappa shape index (κ3) is 2.49. The van der Waals surface area contributed by atoms with Crippen molar-refractivity contribution in [2.45, 2.75) is 24.8 Å². The highest BCUT2D eigenvalue weighted by atomic mass is 16.4. The van der Waals surface area contributed by atoms with Gasteiger partial charge in [-0.1, -0.05) is 36.4 Å². The van der Waals surface area contributed by atoms with Gasteiger partial charge in [0, 0.05) is 17.1 Å². The van der Waals surface area contributed by atoms with Gasteiger partial charge < -0.3 is 14.8 Å². The number of benzene rings is 2. The molecule has 1 aliphatic carbocycles. The molecule has 0 amide bonds. The predicted octanol–water partition coefficient (Wildman–Crippen LogP) is 3.42. The molecule has 1 fully saturated rings. The largest absolute Gasteiger partial charge is 0.480 e. The second-order valence-electron chi connectivity index (χ2n) is 6.63. The highest BCUT2D eigenvalue weighted by Gasteiger charge is 2.43. The van der Waals surface area contributed by atoms with E-state index in [2.05, 4.69) is 30.3 Å². The molecular weight excluding hydrogens is 302 g/mol. The Morgan fingerprint density at radius 1 is 1.04 bits per heavy atom. The van der Waals surface area contributed by atoms with Crippen LogP contribution < -0.4 is 0 Å². The molecule has 0 aliphatic heterocycles. The lowest BCUT2D eigenvalue weighted by atomic mass is 9.94. The lowest BCUT2D eigenvalue weighted by molar-refractivity contribution is -0.137. The molecule has 0 bridgehead atoms. The number of carboxylic acids is 1. The molecule has 1 saturated carbocycles. The molecule has 1 aromatic heterocycles. The Bertz CT molecular complexity index is 904. The van der Waals surface area contributed by atoms with Crippen molar-refractivity contribution in [2.24, 2.45) is 0 Å². The fraction of sp³-hybridized carbons (Fsp3) is 0.250. The first-order valence-electron chi connectivity index (χ1n) is 8.14. The van der Waals surface area contributed by atoms with Crippen molar-refractivity contribution in [1.82, 2.24) is 4.57 Å². The van der Waals surface area contributed by atoms with Gasteiger partial charge in [-0.2, -0.15) is 0 Å². The minimum Gasteiger partial charge on any atom is -0.480 e. The second-order valence-corrected chi connectivity index (χ2v) is 6.63. The van der Waals surface area contributed by atoms with Crippen LogP contribution in [0.2, 0.25) is 0 Å². The maximum absolute atomic E-state index is 11.0. The van der Waals surface area contributed by atoms with E-state index in [-0.39, 0.29) is 18.6 Å². The van der Waals surface area contributed by atoms with Crippen molar-refractivity contribution < 1.29 is 15.0 Å². The topological polar surface area (TPSA) is 62.5 Å². The molecule has 122 valence electrons. The van der Waals surface area contributed by atoms with Gasteiger partial charge in [0.25, 0.3) is 0 Å². The smallest absolute Gasteiger partial charge is 0.323 e. The van der Waals surface area contributed by atoms with Gasteiger partial charge in [-0.25, -0.2) is 0 Å². The van der Waals surface area contributed by atoms with E-state index in [1.165, 1.54) is 5.56 Å². The molecule has 2 N–H and O–H groups in total. The summed E-state index contributed by atoms with van der Waals surface area (Å²) in [7, 11) is 0. The van der Waals surface area contributed by atoms with Crippen LogP contribution in [-0.2, 0) is 16.8 Å². The summed E-state index contributed by atoms with van der Waals surface area (Å²) in [5, 5.41) is 19.6. The molecule has 1 heterocycles. The van der Waals surface area contributed by atoms with E-state index in [4.69, 9.17) is 5.11 Å². The van der Waals surface area contributed by atoms with Gasteiger partial charge in [-0.15, -0.1) is 0 Å². The zero-order chi connectivity index (χ0) is 16.7. The van der Waals surface area contributed by atoms with E-state index >= 15 is 0 Å². The Morgan fingerprint density at radius 2 is 1.75 bits per heavy atom. The molecule has 0 atom stereocenters. The third-order valence-electron chi connectivity index (χ3n) is 5.07. The van der Waals surface area contributed by atoms with E-state index in [1.807, 2.05) is 24.4 Å². The highest BCUT2D eigenvalue weighted by molar-refractivity contribution is 5.86. The zero-order valence-electron chi connectivity index (χ0n) is 13.3. The molecule has 0 unspecified atom stereocenters. The Hall–Kier alpha value is -2.59. The van der Waals surface area contributed by atoms with E-state index in [1.54, 1.807) is 4.57 Å². The SMILES string of the molecule is O=C(O)Cn1ccc2ccc(-c3ccc(C4(CO)CC4)cc3)cc21. The lowest BCUT2D eigenvalue weighted by Crippen LogP contribution is -2.11. The van der Waals surface area contributed by atoms with Crippen molar-refractivity contribution in [3.8, 4) is 11.1 Å². The first-order chi connectivity index (χ1) is 11.6. The quantitative estimate of drug-likeness (QED) is 0.757. The Morgan fingerprint density at radius 3 is 2.38 bits per heavy atom. The molecule has 4 heteroatoms. The van der Waals surface area contributed by atoms with Crippen LogP contribution in [0, 0.1) is 0 Å². The van der Waals surface area contributed by atoms with Crippen LogP contribution in [0.5, 0.6) is 0 Å². The summed E-state index contributed by atoms with van der Waals surface area (Å²) in [4.78, 5) is 11.0. The molecule has 2 aromatic carbocycles. The summed E-state index contributed by atoms with van der Waals surface area (Å²) in [6.07, 6.45) is 3.92. The number of aliphatic hydroxyl groups excluding tert-OH is 1. The number of aromatic nitrogens is 1. The molecule has 4 rings (SSSR count). The number of fused-ring (bicyclic) bond motifs is 1. The molecule has 1 aliphatic rings. The molecule has 24 heavy (non-hydrogen) atoms. The fourth-order valence-corrected chi connectivity index (χ4v) is 3.35. The number of carboxylic acid groups (broad SMARTS) is 1. The average Bonchev–Trinajstić information content (AvgIpc) is 3.31. The summed E-state index contributed by atoms with van der Waals surface area (Å²) in [5.41, 5.74) is 4.27. The maximum Gasteiger partial charge on any atom is 0.323 e.